The van der Waals surface area contributed by atoms with E-state index in [0.29, 0.717) is 16.6 Å². The lowest BCUT2D eigenvalue weighted by Crippen LogP contribution is -2.24. The number of halogens is 2. The van der Waals surface area contributed by atoms with E-state index in [4.69, 9.17) is 0 Å². The molecule has 1 aromatic rings. The quantitative estimate of drug-likeness (QED) is 0.890. The number of hydrogen-bond acceptors (Lipinski definition) is 2. The van der Waals surface area contributed by atoms with Crippen LogP contribution in [-0.2, 0) is 5.75 Å². The number of nitrogens with one attached hydrogen (secondary N) is 1. The Labute approximate surface area is 111 Å². The van der Waals surface area contributed by atoms with E-state index in [1.54, 1.807) is 17.8 Å². The largest absolute Gasteiger partial charge is 0.310 e. The predicted molar refractivity (Wildman–Crippen MR) is 72.8 cm³/mol. The summed E-state index contributed by atoms with van der Waals surface area (Å²) in [7, 11) is 0. The molecule has 100 valence electrons. The number of fused-ring (bicyclic) bond motifs is 1. The summed E-state index contributed by atoms with van der Waals surface area (Å²) in [5, 5.41) is 3.90. The normalized spacial score (nSPS) is 23.6. The summed E-state index contributed by atoms with van der Waals surface area (Å²) >= 11 is 1.69. The molecule has 4 heteroatoms. The average molecular weight is 271 g/mol. The Morgan fingerprint density at radius 2 is 2.17 bits per heavy atom. The first-order valence-corrected chi connectivity index (χ1v) is 7.50. The average Bonchev–Trinajstić information content (AvgIpc) is 2.51. The van der Waals surface area contributed by atoms with E-state index in [9.17, 15) is 8.78 Å². The second-order valence-electron chi connectivity index (χ2n) is 4.79. The van der Waals surface area contributed by atoms with Gasteiger partial charge in [0.25, 0.3) is 0 Å². The monoisotopic (exact) mass is 271 g/mol. The van der Waals surface area contributed by atoms with Gasteiger partial charge < -0.3 is 5.32 Å². The molecule has 0 fully saturated rings. The Morgan fingerprint density at radius 3 is 2.89 bits per heavy atom. The van der Waals surface area contributed by atoms with E-state index >= 15 is 0 Å². The third-order valence-corrected chi connectivity index (χ3v) is 4.55. The van der Waals surface area contributed by atoms with Crippen LogP contribution in [0.2, 0.25) is 0 Å². The summed E-state index contributed by atoms with van der Waals surface area (Å²) in [6, 6.07) is 3.12. The second-order valence-corrected chi connectivity index (χ2v) is 6.22. The van der Waals surface area contributed by atoms with Crippen molar-refractivity contribution in [3.8, 4) is 0 Å². The Kier molecular flexibility index (Phi) is 4.62. The van der Waals surface area contributed by atoms with Crippen LogP contribution in [0, 0.1) is 11.6 Å². The zero-order chi connectivity index (χ0) is 13.1. The minimum atomic E-state index is -0.738. The zero-order valence-corrected chi connectivity index (χ0v) is 11.6. The van der Waals surface area contributed by atoms with Gasteiger partial charge in [-0.25, -0.2) is 8.78 Å². The van der Waals surface area contributed by atoms with Gasteiger partial charge in [0.05, 0.1) is 0 Å². The molecule has 0 aliphatic carbocycles. The Bertz CT molecular complexity index is 423. The van der Waals surface area contributed by atoms with Crippen LogP contribution in [-0.4, -0.2) is 11.8 Å². The van der Waals surface area contributed by atoms with Crippen LogP contribution in [0.3, 0.4) is 0 Å². The number of hydrogen-bond donors (Lipinski definition) is 1. The minimum absolute atomic E-state index is 0.139. The molecule has 0 aromatic heterocycles. The zero-order valence-electron chi connectivity index (χ0n) is 10.8. The molecular weight excluding hydrogens is 252 g/mol. The van der Waals surface area contributed by atoms with Crippen molar-refractivity contribution in [1.82, 2.24) is 5.32 Å². The lowest BCUT2D eigenvalue weighted by Gasteiger charge is -2.20. The summed E-state index contributed by atoms with van der Waals surface area (Å²) in [6.07, 6.45) is 2.00. The maximum Gasteiger partial charge on any atom is 0.163 e. The molecule has 1 aliphatic heterocycles. The van der Waals surface area contributed by atoms with Crippen molar-refractivity contribution in [3.63, 3.8) is 0 Å². The van der Waals surface area contributed by atoms with Gasteiger partial charge >= 0.3 is 0 Å². The van der Waals surface area contributed by atoms with Gasteiger partial charge in [-0.05, 0) is 31.0 Å². The van der Waals surface area contributed by atoms with Gasteiger partial charge in [-0.2, -0.15) is 11.8 Å². The highest BCUT2D eigenvalue weighted by atomic mass is 32.2. The van der Waals surface area contributed by atoms with Crippen molar-refractivity contribution in [3.05, 3.63) is 34.9 Å². The molecule has 1 heterocycles. The first-order valence-electron chi connectivity index (χ1n) is 6.45. The molecule has 0 radical (unpaired) electrons. The lowest BCUT2D eigenvalue weighted by atomic mass is 9.97. The van der Waals surface area contributed by atoms with Crippen molar-refractivity contribution in [2.45, 2.75) is 43.7 Å². The van der Waals surface area contributed by atoms with Gasteiger partial charge in [0.2, 0.25) is 0 Å². The van der Waals surface area contributed by atoms with E-state index in [-0.39, 0.29) is 6.04 Å². The number of benzene rings is 1. The van der Waals surface area contributed by atoms with Crippen LogP contribution in [0.4, 0.5) is 8.78 Å². The van der Waals surface area contributed by atoms with Crippen molar-refractivity contribution < 1.29 is 8.78 Å². The highest BCUT2D eigenvalue weighted by molar-refractivity contribution is 7.99. The van der Waals surface area contributed by atoms with Crippen molar-refractivity contribution in [2.24, 2.45) is 0 Å². The summed E-state index contributed by atoms with van der Waals surface area (Å²) in [5.74, 6) is -0.847. The van der Waals surface area contributed by atoms with Crippen LogP contribution in [0.5, 0.6) is 0 Å². The van der Waals surface area contributed by atoms with Gasteiger partial charge in [-0.3, -0.25) is 0 Å². The molecule has 0 saturated carbocycles. The first kappa shape index (κ1) is 13.8. The first-order chi connectivity index (χ1) is 8.63. The maximum atomic E-state index is 13.9. The molecule has 18 heavy (non-hydrogen) atoms. The Balaban J connectivity index is 2.35. The fourth-order valence-electron chi connectivity index (χ4n) is 2.35. The van der Waals surface area contributed by atoms with Gasteiger partial charge in [0, 0.05) is 22.6 Å². The Hall–Kier alpha value is -0.610. The lowest BCUT2D eigenvalue weighted by molar-refractivity contribution is 0.477. The highest BCUT2D eigenvalue weighted by Crippen LogP contribution is 2.36. The van der Waals surface area contributed by atoms with E-state index < -0.39 is 11.6 Å². The Morgan fingerprint density at radius 1 is 1.39 bits per heavy atom. The number of rotatable bonds is 3. The third kappa shape index (κ3) is 2.86. The smallest absolute Gasteiger partial charge is 0.163 e. The molecular formula is C14H19F2NS. The summed E-state index contributed by atoms with van der Waals surface area (Å²) in [5.41, 5.74) is 1.47. The van der Waals surface area contributed by atoms with Crippen molar-refractivity contribution in [1.29, 1.82) is 0 Å². The number of thioether (sulfide) groups is 1. The molecule has 2 rings (SSSR count). The standard InChI is InChI=1S/C14H19F2NS/c1-3-6-17-13-7-9(2)18-8-11-10(13)4-5-12(15)14(11)16/h4-5,9,13,17H,3,6-8H2,1-2H3. The molecule has 1 nitrogen and oxygen atoms in total. The highest BCUT2D eigenvalue weighted by Gasteiger charge is 2.25. The molecule has 1 aliphatic rings. The van der Waals surface area contributed by atoms with Gasteiger partial charge in [-0.15, -0.1) is 0 Å². The maximum absolute atomic E-state index is 13.9. The van der Waals surface area contributed by atoms with Crippen LogP contribution < -0.4 is 5.32 Å². The molecule has 0 amide bonds. The van der Waals surface area contributed by atoms with Crippen LogP contribution in [0.15, 0.2) is 12.1 Å². The summed E-state index contributed by atoms with van der Waals surface area (Å²) < 4.78 is 27.2. The SMILES string of the molecule is CCCNC1CC(C)SCc2c1ccc(F)c2F. The molecule has 0 bridgehead atoms. The van der Waals surface area contributed by atoms with E-state index in [1.807, 2.05) is 0 Å². The summed E-state index contributed by atoms with van der Waals surface area (Å²) in [4.78, 5) is 0. The molecule has 0 spiro atoms. The van der Waals surface area contributed by atoms with Crippen LogP contribution in [0.1, 0.15) is 43.9 Å². The van der Waals surface area contributed by atoms with Gasteiger partial charge in [-0.1, -0.05) is 19.9 Å². The van der Waals surface area contributed by atoms with Crippen LogP contribution >= 0.6 is 11.8 Å². The van der Waals surface area contributed by atoms with Crippen molar-refractivity contribution >= 4 is 11.8 Å². The third-order valence-electron chi connectivity index (χ3n) is 3.33. The van der Waals surface area contributed by atoms with Crippen LogP contribution in [0.25, 0.3) is 0 Å². The second kappa shape index (κ2) is 6.02. The molecule has 2 atom stereocenters. The molecule has 0 saturated heterocycles. The topological polar surface area (TPSA) is 12.0 Å². The van der Waals surface area contributed by atoms with E-state index in [2.05, 4.69) is 19.2 Å². The van der Waals surface area contributed by atoms with Crippen molar-refractivity contribution in [2.75, 3.05) is 6.54 Å². The predicted octanol–water partition coefficient (Wildman–Crippen LogP) is 4.03. The summed E-state index contributed by atoms with van der Waals surface area (Å²) in [6.45, 7) is 5.15. The van der Waals surface area contributed by atoms with Gasteiger partial charge in [0.1, 0.15) is 0 Å². The fourth-order valence-corrected chi connectivity index (χ4v) is 3.42. The van der Waals surface area contributed by atoms with E-state index in [0.717, 1.165) is 24.9 Å². The fraction of sp³-hybridized carbons (Fsp3) is 0.571. The van der Waals surface area contributed by atoms with Gasteiger partial charge in [0.15, 0.2) is 11.6 Å². The molecule has 1 aromatic carbocycles. The van der Waals surface area contributed by atoms with E-state index in [1.165, 1.54) is 6.07 Å². The molecule has 2 unspecified atom stereocenters. The minimum Gasteiger partial charge on any atom is -0.310 e. The molecule has 1 N–H and O–H groups in total.